The third-order valence-electron chi connectivity index (χ3n) is 2.14. The van der Waals surface area contributed by atoms with E-state index in [-0.39, 0.29) is 23.9 Å². The van der Waals surface area contributed by atoms with Crippen molar-refractivity contribution in [1.29, 1.82) is 0 Å². The lowest BCUT2D eigenvalue weighted by atomic mass is 10.3. The van der Waals surface area contributed by atoms with Crippen molar-refractivity contribution in [1.82, 2.24) is 5.32 Å². The number of amides is 1. The third kappa shape index (κ3) is 6.17. The lowest BCUT2D eigenvalue weighted by molar-refractivity contribution is -0.142. The lowest BCUT2D eigenvalue weighted by Gasteiger charge is -2.09. The van der Waals surface area contributed by atoms with E-state index in [0.29, 0.717) is 10.7 Å². The largest absolute Gasteiger partial charge is 0.469 e. The summed E-state index contributed by atoms with van der Waals surface area (Å²) in [5.74, 6) is -0.788. The lowest BCUT2D eigenvalue weighted by Crippen LogP contribution is -2.34. The predicted octanol–water partition coefficient (Wildman–Crippen LogP) is 2.11. The molecule has 0 spiro atoms. The van der Waals surface area contributed by atoms with Gasteiger partial charge in [0.2, 0.25) is 5.91 Å². The van der Waals surface area contributed by atoms with Crippen molar-refractivity contribution < 1.29 is 14.3 Å². The number of nitrogens with one attached hydrogen (secondary N) is 2. The van der Waals surface area contributed by atoms with Gasteiger partial charge >= 0.3 is 5.97 Å². The highest BCUT2D eigenvalue weighted by Crippen LogP contribution is 2.13. The van der Waals surface area contributed by atoms with Crippen LogP contribution in [0.3, 0.4) is 0 Å². The maximum Gasteiger partial charge on any atom is 0.306 e. The molecule has 1 amide bonds. The average molecular weight is 301 g/mol. The van der Waals surface area contributed by atoms with Gasteiger partial charge in [0.25, 0.3) is 0 Å². The normalized spacial score (nSPS) is 9.58. The van der Waals surface area contributed by atoms with Crippen LogP contribution < -0.4 is 10.6 Å². The molecule has 0 heterocycles. The van der Waals surface area contributed by atoms with Crippen LogP contribution in [0.15, 0.2) is 24.3 Å². The van der Waals surface area contributed by atoms with E-state index in [4.69, 9.17) is 23.8 Å². The second-order valence-corrected chi connectivity index (χ2v) is 4.43. The monoisotopic (exact) mass is 300 g/mol. The zero-order valence-corrected chi connectivity index (χ0v) is 11.8. The molecule has 2 N–H and O–H groups in total. The minimum absolute atomic E-state index is 0.0197. The van der Waals surface area contributed by atoms with Gasteiger partial charge in [-0.2, -0.15) is 0 Å². The van der Waals surface area contributed by atoms with E-state index in [1.807, 2.05) is 0 Å². The smallest absolute Gasteiger partial charge is 0.306 e. The SMILES string of the molecule is COC(=O)CCC(=O)NC(=S)Nc1ccc(Cl)cc1. The molecular weight excluding hydrogens is 288 g/mol. The average Bonchev–Trinajstić information content (AvgIpc) is 2.38. The molecule has 0 radical (unpaired) electrons. The number of methoxy groups -OCH3 is 1. The van der Waals surface area contributed by atoms with Crippen molar-refractivity contribution in [3.8, 4) is 0 Å². The summed E-state index contributed by atoms with van der Waals surface area (Å²) in [6, 6.07) is 6.86. The Morgan fingerprint density at radius 3 is 2.47 bits per heavy atom. The van der Waals surface area contributed by atoms with E-state index in [1.165, 1.54) is 7.11 Å². The van der Waals surface area contributed by atoms with Gasteiger partial charge in [0.1, 0.15) is 0 Å². The number of hydrogen-bond donors (Lipinski definition) is 2. The van der Waals surface area contributed by atoms with E-state index in [2.05, 4.69) is 15.4 Å². The molecule has 0 saturated heterocycles. The molecule has 19 heavy (non-hydrogen) atoms. The Balaban J connectivity index is 2.36. The highest BCUT2D eigenvalue weighted by molar-refractivity contribution is 7.80. The fourth-order valence-electron chi connectivity index (χ4n) is 1.20. The summed E-state index contributed by atoms with van der Waals surface area (Å²) in [4.78, 5) is 22.3. The van der Waals surface area contributed by atoms with Crippen LogP contribution in [0.25, 0.3) is 0 Å². The molecule has 7 heteroatoms. The highest BCUT2D eigenvalue weighted by Gasteiger charge is 2.08. The van der Waals surface area contributed by atoms with Gasteiger partial charge in [-0.15, -0.1) is 0 Å². The Morgan fingerprint density at radius 1 is 1.26 bits per heavy atom. The van der Waals surface area contributed by atoms with Crippen LogP contribution in [0, 0.1) is 0 Å². The van der Waals surface area contributed by atoms with Crippen LogP contribution in [-0.4, -0.2) is 24.1 Å². The Labute approximate surface area is 121 Å². The van der Waals surface area contributed by atoms with Crippen molar-refractivity contribution >= 4 is 46.5 Å². The van der Waals surface area contributed by atoms with E-state index >= 15 is 0 Å². The van der Waals surface area contributed by atoms with Crippen LogP contribution in [0.5, 0.6) is 0 Å². The number of anilines is 1. The first-order chi connectivity index (χ1) is 9.01. The molecule has 0 saturated carbocycles. The van der Waals surface area contributed by atoms with Gasteiger partial charge in [0, 0.05) is 17.1 Å². The standard InChI is InChI=1S/C12H13ClN2O3S/c1-18-11(17)7-6-10(16)15-12(19)14-9-4-2-8(13)3-5-9/h2-5H,6-7H2,1H3,(H2,14,15,16,19). The number of thiocarbonyl (C=S) groups is 1. The summed E-state index contributed by atoms with van der Waals surface area (Å²) in [6.45, 7) is 0. The van der Waals surface area contributed by atoms with Crippen LogP contribution in [0.4, 0.5) is 5.69 Å². The van der Waals surface area contributed by atoms with Gasteiger partial charge in [0.15, 0.2) is 5.11 Å². The molecular formula is C12H13ClN2O3S. The van der Waals surface area contributed by atoms with Gasteiger partial charge in [-0.25, -0.2) is 0 Å². The summed E-state index contributed by atoms with van der Waals surface area (Å²) in [5.41, 5.74) is 0.711. The fraction of sp³-hybridized carbons (Fsp3) is 0.250. The molecule has 0 aliphatic carbocycles. The molecule has 1 aromatic rings. The van der Waals surface area contributed by atoms with Crippen molar-refractivity contribution in [3.05, 3.63) is 29.3 Å². The van der Waals surface area contributed by atoms with Crippen molar-refractivity contribution in [2.75, 3.05) is 12.4 Å². The Morgan fingerprint density at radius 2 is 1.89 bits per heavy atom. The predicted molar refractivity (Wildman–Crippen MR) is 77.1 cm³/mol. The highest BCUT2D eigenvalue weighted by atomic mass is 35.5. The van der Waals surface area contributed by atoms with Gasteiger partial charge < -0.3 is 15.4 Å². The first kappa shape index (κ1) is 15.4. The van der Waals surface area contributed by atoms with Crippen molar-refractivity contribution in [2.45, 2.75) is 12.8 Å². The first-order valence-electron chi connectivity index (χ1n) is 5.44. The van der Waals surface area contributed by atoms with E-state index in [0.717, 1.165) is 0 Å². The van der Waals surface area contributed by atoms with Crippen molar-refractivity contribution in [2.24, 2.45) is 0 Å². The summed E-state index contributed by atoms with van der Waals surface area (Å²) in [5, 5.41) is 6.06. The molecule has 0 atom stereocenters. The molecule has 102 valence electrons. The first-order valence-corrected chi connectivity index (χ1v) is 6.23. The maximum atomic E-state index is 11.5. The summed E-state index contributed by atoms with van der Waals surface area (Å²) in [7, 11) is 1.27. The van der Waals surface area contributed by atoms with E-state index < -0.39 is 5.97 Å². The van der Waals surface area contributed by atoms with Gasteiger partial charge in [-0.3, -0.25) is 9.59 Å². The molecule has 0 fully saturated rings. The fourth-order valence-corrected chi connectivity index (χ4v) is 1.56. The molecule has 0 unspecified atom stereocenters. The minimum atomic E-state index is -0.438. The number of esters is 1. The van der Waals surface area contributed by atoms with Crippen LogP contribution in [-0.2, 0) is 14.3 Å². The van der Waals surface area contributed by atoms with Crippen LogP contribution >= 0.6 is 23.8 Å². The number of halogens is 1. The number of benzene rings is 1. The van der Waals surface area contributed by atoms with Gasteiger partial charge in [0.05, 0.1) is 13.5 Å². The molecule has 0 bridgehead atoms. The molecule has 0 aliphatic rings. The summed E-state index contributed by atoms with van der Waals surface area (Å²) >= 11 is 10.7. The molecule has 0 aromatic heterocycles. The Hall–Kier alpha value is -1.66. The van der Waals surface area contributed by atoms with E-state index in [1.54, 1.807) is 24.3 Å². The van der Waals surface area contributed by atoms with Crippen molar-refractivity contribution in [3.63, 3.8) is 0 Å². The Kier molecular flexibility index (Phi) is 6.24. The third-order valence-corrected chi connectivity index (χ3v) is 2.59. The molecule has 1 rings (SSSR count). The quantitative estimate of drug-likeness (QED) is 0.658. The van der Waals surface area contributed by atoms with Gasteiger partial charge in [-0.1, -0.05) is 11.6 Å². The topological polar surface area (TPSA) is 67.4 Å². The Bertz CT molecular complexity index is 476. The number of ether oxygens (including phenoxy) is 1. The van der Waals surface area contributed by atoms with Gasteiger partial charge in [-0.05, 0) is 36.5 Å². The molecule has 1 aromatic carbocycles. The second kappa shape index (κ2) is 7.70. The van der Waals surface area contributed by atoms with Crippen LogP contribution in [0.1, 0.15) is 12.8 Å². The second-order valence-electron chi connectivity index (χ2n) is 3.59. The number of carbonyl (C=O) groups excluding carboxylic acids is 2. The summed E-state index contributed by atoms with van der Waals surface area (Å²) < 4.78 is 4.43. The van der Waals surface area contributed by atoms with E-state index in [9.17, 15) is 9.59 Å². The number of hydrogen-bond acceptors (Lipinski definition) is 4. The molecule has 5 nitrogen and oxygen atoms in total. The van der Waals surface area contributed by atoms with Crippen LogP contribution in [0.2, 0.25) is 5.02 Å². The minimum Gasteiger partial charge on any atom is -0.469 e. The zero-order valence-electron chi connectivity index (χ0n) is 10.2. The molecule has 0 aliphatic heterocycles. The zero-order chi connectivity index (χ0) is 14.3. The number of rotatable bonds is 4. The summed E-state index contributed by atoms with van der Waals surface area (Å²) in [6.07, 6.45) is 0.0427. The maximum absolute atomic E-state index is 11.5. The number of carbonyl (C=O) groups is 2.